The van der Waals surface area contributed by atoms with Crippen LogP contribution in [0.25, 0.3) is 0 Å². The Kier molecular flexibility index (Phi) is 6.40. The lowest BCUT2D eigenvalue weighted by Crippen LogP contribution is -2.13. The molecule has 0 radical (unpaired) electrons. The van der Waals surface area contributed by atoms with Gasteiger partial charge in [0.15, 0.2) is 0 Å². The van der Waals surface area contributed by atoms with Gasteiger partial charge in [-0.05, 0) is 36.0 Å². The molecule has 1 aromatic rings. The summed E-state index contributed by atoms with van der Waals surface area (Å²) in [6, 6.07) is 8.12. The van der Waals surface area contributed by atoms with Crippen LogP contribution >= 0.6 is 27.5 Å². The fourth-order valence-electron chi connectivity index (χ4n) is 1.81. The summed E-state index contributed by atoms with van der Waals surface area (Å²) in [6.07, 6.45) is 1.07. The first-order valence-electron chi connectivity index (χ1n) is 5.49. The second-order valence-corrected chi connectivity index (χ2v) is 5.16. The molecule has 90 valence electrons. The first-order chi connectivity index (χ1) is 7.69. The van der Waals surface area contributed by atoms with Crippen molar-refractivity contribution in [2.75, 3.05) is 19.0 Å². The van der Waals surface area contributed by atoms with Gasteiger partial charge in [0, 0.05) is 24.1 Å². The van der Waals surface area contributed by atoms with Crippen LogP contribution in [0.2, 0.25) is 5.02 Å². The van der Waals surface area contributed by atoms with Crippen LogP contribution in [-0.2, 0) is 4.74 Å². The van der Waals surface area contributed by atoms with E-state index in [2.05, 4.69) is 35.0 Å². The molecule has 0 saturated carbocycles. The number of rotatable bonds is 6. The van der Waals surface area contributed by atoms with Gasteiger partial charge in [-0.15, -0.1) is 0 Å². The Labute approximate surface area is 111 Å². The summed E-state index contributed by atoms with van der Waals surface area (Å²) in [4.78, 5) is 0. The number of hydrogen-bond acceptors (Lipinski definition) is 1. The fourth-order valence-corrected chi connectivity index (χ4v) is 3.02. The van der Waals surface area contributed by atoms with Crippen molar-refractivity contribution in [3.8, 4) is 0 Å². The van der Waals surface area contributed by atoms with Crippen LogP contribution in [0.15, 0.2) is 24.3 Å². The second kappa shape index (κ2) is 7.31. The van der Waals surface area contributed by atoms with Crippen molar-refractivity contribution < 1.29 is 4.74 Å². The van der Waals surface area contributed by atoms with Crippen LogP contribution in [-0.4, -0.2) is 19.0 Å². The minimum Gasteiger partial charge on any atom is -0.385 e. The summed E-state index contributed by atoms with van der Waals surface area (Å²) in [5.41, 5.74) is 1.30. The topological polar surface area (TPSA) is 9.23 Å². The summed E-state index contributed by atoms with van der Waals surface area (Å²) >= 11 is 9.60. The highest BCUT2D eigenvalue weighted by Gasteiger charge is 2.18. The van der Waals surface area contributed by atoms with Crippen molar-refractivity contribution in [3.05, 3.63) is 34.9 Å². The summed E-state index contributed by atoms with van der Waals surface area (Å²) in [7, 11) is 1.75. The van der Waals surface area contributed by atoms with Gasteiger partial charge in [0.25, 0.3) is 0 Å². The lowest BCUT2D eigenvalue weighted by molar-refractivity contribution is 0.176. The van der Waals surface area contributed by atoms with E-state index in [9.17, 15) is 0 Å². The maximum absolute atomic E-state index is 6.01. The Balaban J connectivity index is 2.73. The van der Waals surface area contributed by atoms with Crippen molar-refractivity contribution in [1.82, 2.24) is 0 Å². The Morgan fingerprint density at radius 3 is 2.75 bits per heavy atom. The quantitative estimate of drug-likeness (QED) is 0.704. The zero-order chi connectivity index (χ0) is 12.0. The van der Waals surface area contributed by atoms with Gasteiger partial charge in [-0.3, -0.25) is 0 Å². The number of methoxy groups -OCH3 is 1. The Morgan fingerprint density at radius 1 is 1.44 bits per heavy atom. The number of ether oxygens (including phenoxy) is 1. The average molecular weight is 306 g/mol. The highest BCUT2D eigenvalue weighted by Crippen LogP contribution is 2.30. The Morgan fingerprint density at radius 2 is 2.19 bits per heavy atom. The molecular formula is C13H18BrClO. The normalized spacial score (nSPS) is 14.8. The minimum absolute atomic E-state index is 0.494. The van der Waals surface area contributed by atoms with Gasteiger partial charge in [0.1, 0.15) is 0 Å². The van der Waals surface area contributed by atoms with Crippen LogP contribution in [0, 0.1) is 5.92 Å². The molecule has 0 saturated heterocycles. The Bertz CT molecular complexity index is 317. The number of alkyl halides is 1. The summed E-state index contributed by atoms with van der Waals surface area (Å²) in [6.45, 7) is 3.07. The molecule has 0 fully saturated rings. The Hall–Kier alpha value is -0.0500. The van der Waals surface area contributed by atoms with Gasteiger partial charge in [0.05, 0.1) is 0 Å². The van der Waals surface area contributed by atoms with E-state index >= 15 is 0 Å². The van der Waals surface area contributed by atoms with Crippen LogP contribution < -0.4 is 0 Å². The highest BCUT2D eigenvalue weighted by molar-refractivity contribution is 9.09. The molecule has 0 aromatic heterocycles. The molecule has 0 aliphatic heterocycles. The van der Waals surface area contributed by atoms with E-state index in [1.165, 1.54) is 5.56 Å². The monoisotopic (exact) mass is 304 g/mol. The van der Waals surface area contributed by atoms with E-state index in [1.807, 2.05) is 12.1 Å². The summed E-state index contributed by atoms with van der Waals surface area (Å²) in [5, 5.41) is 1.76. The number of hydrogen-bond donors (Lipinski definition) is 0. The molecule has 2 unspecified atom stereocenters. The molecule has 0 aliphatic carbocycles. The van der Waals surface area contributed by atoms with E-state index in [0.29, 0.717) is 11.8 Å². The molecule has 0 spiro atoms. The van der Waals surface area contributed by atoms with Crippen LogP contribution in [0.3, 0.4) is 0 Å². The maximum atomic E-state index is 6.01. The average Bonchev–Trinajstić information content (AvgIpc) is 2.27. The number of halogens is 2. The third kappa shape index (κ3) is 4.08. The largest absolute Gasteiger partial charge is 0.385 e. The summed E-state index contributed by atoms with van der Waals surface area (Å²) in [5.74, 6) is 1.08. The molecule has 16 heavy (non-hydrogen) atoms. The van der Waals surface area contributed by atoms with Crippen molar-refractivity contribution in [2.24, 2.45) is 5.92 Å². The molecule has 1 rings (SSSR count). The summed E-state index contributed by atoms with van der Waals surface area (Å²) < 4.78 is 5.13. The lowest BCUT2D eigenvalue weighted by atomic mass is 9.87. The predicted octanol–water partition coefficient (Wildman–Crippen LogP) is 4.49. The fraction of sp³-hybridized carbons (Fsp3) is 0.538. The third-order valence-corrected chi connectivity index (χ3v) is 3.84. The maximum Gasteiger partial charge on any atom is 0.0465 e. The molecular weight excluding hydrogens is 287 g/mol. The van der Waals surface area contributed by atoms with Crippen molar-refractivity contribution >= 4 is 27.5 Å². The first-order valence-corrected chi connectivity index (χ1v) is 6.99. The number of benzene rings is 1. The molecule has 1 aromatic carbocycles. The van der Waals surface area contributed by atoms with Gasteiger partial charge in [-0.25, -0.2) is 0 Å². The predicted molar refractivity (Wildman–Crippen MR) is 73.6 cm³/mol. The van der Waals surface area contributed by atoms with Gasteiger partial charge >= 0.3 is 0 Å². The minimum atomic E-state index is 0.494. The van der Waals surface area contributed by atoms with Crippen molar-refractivity contribution in [3.63, 3.8) is 0 Å². The van der Waals surface area contributed by atoms with Crippen LogP contribution in [0.4, 0.5) is 0 Å². The molecule has 0 bridgehead atoms. The standard InChI is InChI=1S/C13H18BrClO/c1-10(6-7-16-2)13(9-14)11-4-3-5-12(15)8-11/h3-5,8,10,13H,6-7,9H2,1-2H3. The smallest absolute Gasteiger partial charge is 0.0465 e. The SMILES string of the molecule is COCCC(C)C(CBr)c1cccc(Cl)c1. The molecule has 2 atom stereocenters. The van der Waals surface area contributed by atoms with E-state index in [0.717, 1.165) is 23.4 Å². The molecule has 0 heterocycles. The first kappa shape index (κ1) is 14.0. The molecule has 3 heteroatoms. The molecule has 0 amide bonds. The lowest BCUT2D eigenvalue weighted by Gasteiger charge is -2.22. The third-order valence-electron chi connectivity index (χ3n) is 2.91. The van der Waals surface area contributed by atoms with E-state index in [-0.39, 0.29) is 0 Å². The van der Waals surface area contributed by atoms with Crippen molar-refractivity contribution in [1.29, 1.82) is 0 Å². The van der Waals surface area contributed by atoms with Gasteiger partial charge in [0.2, 0.25) is 0 Å². The zero-order valence-electron chi connectivity index (χ0n) is 9.75. The molecule has 0 N–H and O–H groups in total. The molecule has 0 aliphatic rings. The van der Waals surface area contributed by atoms with E-state index in [4.69, 9.17) is 16.3 Å². The highest BCUT2D eigenvalue weighted by atomic mass is 79.9. The van der Waals surface area contributed by atoms with Crippen LogP contribution in [0.1, 0.15) is 24.8 Å². The van der Waals surface area contributed by atoms with Crippen molar-refractivity contribution in [2.45, 2.75) is 19.3 Å². The van der Waals surface area contributed by atoms with Gasteiger partial charge in [-0.2, -0.15) is 0 Å². The van der Waals surface area contributed by atoms with E-state index < -0.39 is 0 Å². The van der Waals surface area contributed by atoms with E-state index in [1.54, 1.807) is 7.11 Å². The second-order valence-electron chi connectivity index (χ2n) is 4.07. The van der Waals surface area contributed by atoms with Crippen LogP contribution in [0.5, 0.6) is 0 Å². The van der Waals surface area contributed by atoms with Gasteiger partial charge < -0.3 is 4.74 Å². The molecule has 1 nitrogen and oxygen atoms in total. The van der Waals surface area contributed by atoms with Gasteiger partial charge in [-0.1, -0.05) is 46.6 Å². The zero-order valence-corrected chi connectivity index (χ0v) is 12.1.